The Morgan fingerprint density at radius 2 is 2.29 bits per heavy atom. The molecule has 0 aromatic heterocycles. The van der Waals surface area contributed by atoms with E-state index in [1.54, 1.807) is 0 Å². The van der Waals surface area contributed by atoms with E-state index in [0.29, 0.717) is 12.6 Å². The zero-order valence-corrected chi connectivity index (χ0v) is 10.3. The molecule has 0 bridgehead atoms. The molecule has 2 unspecified atom stereocenters. The van der Waals surface area contributed by atoms with Crippen LogP contribution >= 0.6 is 0 Å². The molecule has 0 aliphatic carbocycles. The van der Waals surface area contributed by atoms with Crippen molar-refractivity contribution in [2.24, 2.45) is 0 Å². The first-order valence-corrected chi connectivity index (χ1v) is 6.70. The number of amides is 2. The van der Waals surface area contributed by atoms with E-state index >= 15 is 0 Å². The van der Waals surface area contributed by atoms with Crippen molar-refractivity contribution in [3.8, 4) is 0 Å². The van der Waals surface area contributed by atoms with Gasteiger partial charge in [-0.3, -0.25) is 0 Å². The van der Waals surface area contributed by atoms with E-state index < -0.39 is 0 Å². The van der Waals surface area contributed by atoms with E-state index in [1.165, 1.54) is 19.3 Å². The molecule has 3 N–H and O–H groups in total. The van der Waals surface area contributed by atoms with Crippen LogP contribution in [0.25, 0.3) is 0 Å². The number of rotatable bonds is 4. The van der Waals surface area contributed by atoms with Crippen LogP contribution in [-0.4, -0.2) is 44.4 Å². The lowest BCUT2D eigenvalue weighted by atomic mass is 10.0. The molecule has 98 valence electrons. The highest BCUT2D eigenvalue weighted by Crippen LogP contribution is 2.09. The fourth-order valence-electron chi connectivity index (χ4n) is 2.42. The molecule has 0 spiro atoms. The number of hydrogen-bond acceptors (Lipinski definition) is 3. The third-order valence-corrected chi connectivity index (χ3v) is 3.46. The Morgan fingerprint density at radius 3 is 3.00 bits per heavy atom. The van der Waals surface area contributed by atoms with Crippen LogP contribution in [0.2, 0.25) is 0 Å². The smallest absolute Gasteiger partial charge is 0.315 e. The molecule has 0 radical (unpaired) electrons. The molecule has 2 aliphatic heterocycles. The molecule has 2 rings (SSSR count). The first-order valence-electron chi connectivity index (χ1n) is 6.70. The van der Waals surface area contributed by atoms with Crippen molar-refractivity contribution in [1.29, 1.82) is 0 Å². The van der Waals surface area contributed by atoms with Gasteiger partial charge in [0.25, 0.3) is 0 Å². The normalized spacial score (nSPS) is 28.9. The third-order valence-electron chi connectivity index (χ3n) is 3.46. The summed E-state index contributed by atoms with van der Waals surface area (Å²) in [5.41, 5.74) is 0. The summed E-state index contributed by atoms with van der Waals surface area (Å²) in [7, 11) is 0. The quantitative estimate of drug-likeness (QED) is 0.675. The van der Waals surface area contributed by atoms with Crippen molar-refractivity contribution in [2.75, 3.05) is 26.3 Å². The van der Waals surface area contributed by atoms with E-state index in [9.17, 15) is 4.79 Å². The van der Waals surface area contributed by atoms with Crippen LogP contribution in [0.1, 0.15) is 32.1 Å². The molecule has 5 heteroatoms. The van der Waals surface area contributed by atoms with Gasteiger partial charge in [0, 0.05) is 19.2 Å². The zero-order chi connectivity index (χ0) is 11.9. The number of urea groups is 1. The van der Waals surface area contributed by atoms with Gasteiger partial charge in [-0.25, -0.2) is 4.79 Å². The maximum absolute atomic E-state index is 11.5. The molecule has 2 amide bonds. The maximum atomic E-state index is 11.5. The Hall–Kier alpha value is -0.810. The molecular formula is C12H23N3O2. The number of hydrogen-bond donors (Lipinski definition) is 3. The number of ether oxygens (including phenoxy) is 1. The van der Waals surface area contributed by atoms with Crippen LogP contribution in [0.5, 0.6) is 0 Å². The minimum absolute atomic E-state index is 0.0590. The Kier molecular flexibility index (Phi) is 5.07. The van der Waals surface area contributed by atoms with Crippen molar-refractivity contribution in [1.82, 2.24) is 16.0 Å². The Morgan fingerprint density at radius 1 is 1.35 bits per heavy atom. The molecule has 0 aromatic rings. The molecule has 17 heavy (non-hydrogen) atoms. The van der Waals surface area contributed by atoms with Gasteiger partial charge < -0.3 is 20.7 Å². The number of piperidine rings is 1. The van der Waals surface area contributed by atoms with E-state index in [2.05, 4.69) is 16.0 Å². The van der Waals surface area contributed by atoms with Crippen molar-refractivity contribution < 1.29 is 9.53 Å². The van der Waals surface area contributed by atoms with Crippen LogP contribution in [0.3, 0.4) is 0 Å². The van der Waals surface area contributed by atoms with E-state index in [4.69, 9.17) is 4.74 Å². The van der Waals surface area contributed by atoms with Gasteiger partial charge in [0.15, 0.2) is 0 Å². The molecule has 2 fully saturated rings. The van der Waals surface area contributed by atoms with Crippen LogP contribution in [0.15, 0.2) is 0 Å². The highest BCUT2D eigenvalue weighted by atomic mass is 16.5. The van der Waals surface area contributed by atoms with Gasteiger partial charge in [-0.05, 0) is 32.2 Å². The molecular weight excluding hydrogens is 218 g/mol. The molecule has 2 heterocycles. The highest BCUT2D eigenvalue weighted by molar-refractivity contribution is 5.74. The van der Waals surface area contributed by atoms with Crippen LogP contribution in [-0.2, 0) is 4.74 Å². The minimum Gasteiger partial charge on any atom is -0.379 e. The average molecular weight is 241 g/mol. The number of carbonyl (C=O) groups excluding carboxylic acids is 1. The average Bonchev–Trinajstić information content (AvgIpc) is 2.83. The first-order chi connectivity index (χ1) is 8.34. The van der Waals surface area contributed by atoms with Gasteiger partial charge in [-0.15, -0.1) is 0 Å². The lowest BCUT2D eigenvalue weighted by Crippen LogP contribution is -2.44. The van der Waals surface area contributed by atoms with Crippen LogP contribution in [0.4, 0.5) is 4.79 Å². The topological polar surface area (TPSA) is 62.4 Å². The van der Waals surface area contributed by atoms with E-state index in [-0.39, 0.29) is 12.1 Å². The largest absolute Gasteiger partial charge is 0.379 e. The van der Waals surface area contributed by atoms with Gasteiger partial charge in [-0.2, -0.15) is 0 Å². The highest BCUT2D eigenvalue weighted by Gasteiger charge is 2.17. The molecule has 2 aliphatic rings. The van der Waals surface area contributed by atoms with Crippen molar-refractivity contribution in [3.05, 3.63) is 0 Å². The van der Waals surface area contributed by atoms with Crippen molar-refractivity contribution in [3.63, 3.8) is 0 Å². The molecule has 2 saturated heterocycles. The van der Waals surface area contributed by atoms with Gasteiger partial charge in [0.1, 0.15) is 0 Å². The lowest BCUT2D eigenvalue weighted by Gasteiger charge is -2.23. The maximum Gasteiger partial charge on any atom is 0.315 e. The second-order valence-corrected chi connectivity index (χ2v) is 4.90. The summed E-state index contributed by atoms with van der Waals surface area (Å²) in [6, 6.07) is 0.720. The number of carbonyl (C=O) groups is 1. The minimum atomic E-state index is -0.0590. The van der Waals surface area contributed by atoms with Crippen LogP contribution in [0, 0.1) is 0 Å². The monoisotopic (exact) mass is 241 g/mol. The molecule has 5 nitrogen and oxygen atoms in total. The second kappa shape index (κ2) is 6.81. The summed E-state index contributed by atoms with van der Waals surface area (Å²) in [6.45, 7) is 3.28. The lowest BCUT2D eigenvalue weighted by molar-refractivity contribution is 0.188. The Bertz CT molecular complexity index is 236. The summed E-state index contributed by atoms with van der Waals surface area (Å²) >= 11 is 0. The van der Waals surface area contributed by atoms with Gasteiger partial charge in [0.2, 0.25) is 0 Å². The van der Waals surface area contributed by atoms with Crippen LogP contribution < -0.4 is 16.0 Å². The third kappa shape index (κ3) is 4.52. The molecule has 0 aromatic carbocycles. The standard InChI is InChI=1S/C12H23N3O2/c16-12(15-11-5-8-17-9-11)14-7-4-10-3-1-2-6-13-10/h10-11,13H,1-9H2,(H2,14,15,16). The fourth-order valence-corrected chi connectivity index (χ4v) is 2.42. The van der Waals surface area contributed by atoms with Crippen molar-refractivity contribution >= 4 is 6.03 Å². The van der Waals surface area contributed by atoms with Crippen molar-refractivity contribution in [2.45, 2.75) is 44.2 Å². The van der Waals surface area contributed by atoms with E-state index in [0.717, 1.165) is 32.5 Å². The van der Waals surface area contributed by atoms with Gasteiger partial charge in [0.05, 0.1) is 12.6 Å². The Labute approximate surface area is 103 Å². The second-order valence-electron chi connectivity index (χ2n) is 4.90. The van der Waals surface area contributed by atoms with E-state index in [1.807, 2.05) is 0 Å². The molecule has 0 saturated carbocycles. The summed E-state index contributed by atoms with van der Waals surface area (Å²) in [5, 5.41) is 9.31. The van der Waals surface area contributed by atoms with Gasteiger partial charge >= 0.3 is 6.03 Å². The fraction of sp³-hybridized carbons (Fsp3) is 0.917. The first kappa shape index (κ1) is 12.6. The molecule has 2 atom stereocenters. The summed E-state index contributed by atoms with van der Waals surface area (Å²) in [4.78, 5) is 11.5. The summed E-state index contributed by atoms with van der Waals surface area (Å²) in [6.07, 6.45) is 5.78. The summed E-state index contributed by atoms with van der Waals surface area (Å²) < 4.78 is 5.21. The summed E-state index contributed by atoms with van der Waals surface area (Å²) in [5.74, 6) is 0. The zero-order valence-electron chi connectivity index (χ0n) is 10.3. The number of nitrogens with one attached hydrogen (secondary N) is 3. The van der Waals surface area contributed by atoms with Gasteiger partial charge in [-0.1, -0.05) is 6.42 Å². The predicted octanol–water partition coefficient (Wildman–Crippen LogP) is 0.607. The predicted molar refractivity (Wildman–Crippen MR) is 66.0 cm³/mol. The SMILES string of the molecule is O=C(NCCC1CCCCN1)NC1CCOC1. The Balaban J connectivity index is 1.53.